The van der Waals surface area contributed by atoms with E-state index in [-0.39, 0.29) is 34.9 Å². The van der Waals surface area contributed by atoms with Crippen molar-refractivity contribution in [2.75, 3.05) is 24.3 Å². The summed E-state index contributed by atoms with van der Waals surface area (Å²) >= 11 is 1.31. The first-order valence-corrected chi connectivity index (χ1v) is 11.2. The fraction of sp³-hybridized carbons (Fsp3) is 0.500. The zero-order chi connectivity index (χ0) is 21.3. The molecule has 1 fully saturated rings. The first-order valence-electron chi connectivity index (χ1n) is 10.2. The summed E-state index contributed by atoms with van der Waals surface area (Å²) < 4.78 is 5.43. The molecule has 0 spiro atoms. The highest BCUT2D eigenvalue weighted by Gasteiger charge is 2.61. The zero-order valence-corrected chi connectivity index (χ0v) is 18.4. The molecule has 7 nitrogen and oxygen atoms in total. The highest BCUT2D eigenvalue weighted by atomic mass is 32.2. The number of carbonyl (C=O) groups excluding carboxylic acids is 2. The number of ether oxygens (including phenoxy) is 1. The molecule has 1 aliphatic heterocycles. The Kier molecular flexibility index (Phi) is 4.23. The van der Waals surface area contributed by atoms with Crippen LogP contribution in [0, 0.1) is 5.41 Å². The molecule has 1 saturated carbocycles. The van der Waals surface area contributed by atoms with E-state index < -0.39 is 0 Å². The van der Waals surface area contributed by atoms with Crippen molar-refractivity contribution in [3.8, 4) is 5.75 Å². The molecular formula is C22H24N4O3S. The van der Waals surface area contributed by atoms with Crippen molar-refractivity contribution in [1.29, 1.82) is 0 Å². The number of anilines is 1. The quantitative estimate of drug-likeness (QED) is 0.549. The van der Waals surface area contributed by atoms with Gasteiger partial charge in [0.15, 0.2) is 12.4 Å². The molecule has 2 aromatic rings. The fourth-order valence-electron chi connectivity index (χ4n) is 5.08. The Bertz CT molecular complexity index is 1090. The van der Waals surface area contributed by atoms with Crippen LogP contribution in [0.1, 0.15) is 61.3 Å². The Morgan fingerprint density at radius 2 is 2.10 bits per heavy atom. The summed E-state index contributed by atoms with van der Waals surface area (Å²) in [6.45, 7) is 6.89. The number of likely N-dealkylation sites (N-methyl/N-ethyl adjacent to an activating group) is 1. The van der Waals surface area contributed by atoms with Gasteiger partial charge in [-0.05, 0) is 36.5 Å². The predicted octanol–water partition coefficient (Wildman–Crippen LogP) is 3.38. The topological polar surface area (TPSA) is 85.3 Å². The largest absolute Gasteiger partial charge is 0.482 e. The predicted molar refractivity (Wildman–Crippen MR) is 113 cm³/mol. The van der Waals surface area contributed by atoms with E-state index in [2.05, 4.69) is 31.0 Å². The first-order chi connectivity index (χ1) is 14.2. The lowest BCUT2D eigenvalue weighted by molar-refractivity contribution is -0.120. The minimum atomic E-state index is -0.134. The zero-order valence-electron chi connectivity index (χ0n) is 17.6. The van der Waals surface area contributed by atoms with E-state index in [4.69, 9.17) is 9.72 Å². The summed E-state index contributed by atoms with van der Waals surface area (Å²) in [5.41, 5.74) is 3.38. The third-order valence-corrected chi connectivity index (χ3v) is 8.31. The maximum Gasteiger partial charge on any atom is 0.264 e. The van der Waals surface area contributed by atoms with E-state index in [1.54, 1.807) is 25.2 Å². The number of carbonyl (C=O) groups is 2. The van der Waals surface area contributed by atoms with Crippen LogP contribution in [0.3, 0.4) is 0 Å². The smallest absolute Gasteiger partial charge is 0.264 e. The number of fused-ring (bicyclic) bond motifs is 6. The monoisotopic (exact) mass is 424 g/mol. The highest BCUT2D eigenvalue weighted by Crippen LogP contribution is 2.66. The van der Waals surface area contributed by atoms with Gasteiger partial charge in [-0.15, -0.1) is 5.10 Å². The average molecular weight is 425 g/mol. The molecule has 0 radical (unpaired) electrons. The van der Waals surface area contributed by atoms with Crippen molar-refractivity contribution < 1.29 is 14.3 Å². The van der Waals surface area contributed by atoms with Gasteiger partial charge in [0.2, 0.25) is 5.16 Å². The van der Waals surface area contributed by atoms with E-state index in [1.807, 2.05) is 0 Å². The molecule has 2 atom stereocenters. The number of aromatic nitrogens is 3. The molecule has 2 bridgehead atoms. The summed E-state index contributed by atoms with van der Waals surface area (Å²) in [5.74, 6) is 1.05. The third kappa shape index (κ3) is 2.62. The van der Waals surface area contributed by atoms with Crippen molar-refractivity contribution in [3.05, 3.63) is 35.2 Å². The van der Waals surface area contributed by atoms with E-state index >= 15 is 0 Å². The number of Topliss-reactive ketones (excluding diaryl/α,β-unsaturated/α-hetero) is 1. The second kappa shape index (κ2) is 6.51. The van der Waals surface area contributed by atoms with Gasteiger partial charge in [0.05, 0.1) is 22.8 Å². The van der Waals surface area contributed by atoms with Gasteiger partial charge in [-0.1, -0.05) is 32.5 Å². The molecule has 2 heterocycles. The van der Waals surface area contributed by atoms with Gasteiger partial charge >= 0.3 is 0 Å². The van der Waals surface area contributed by atoms with Crippen molar-refractivity contribution in [2.45, 2.75) is 50.1 Å². The number of thioether (sulfide) groups is 1. The molecule has 3 aliphatic rings. The SMILES string of the molecule is CN1C(=O)COc2ccc(C(=O)CSc3nnc4c(n3)C3(C)CCC4C3(C)C)cc21. The second-order valence-electron chi connectivity index (χ2n) is 9.11. The van der Waals surface area contributed by atoms with E-state index in [0.717, 1.165) is 24.2 Å². The van der Waals surface area contributed by atoms with Gasteiger partial charge < -0.3 is 9.64 Å². The highest BCUT2D eigenvalue weighted by molar-refractivity contribution is 7.99. The average Bonchev–Trinajstić information content (AvgIpc) is 3.07. The number of benzene rings is 1. The Hall–Kier alpha value is -2.48. The van der Waals surface area contributed by atoms with Crippen LogP contribution in [-0.2, 0) is 10.2 Å². The van der Waals surface area contributed by atoms with Crippen LogP contribution < -0.4 is 9.64 Å². The van der Waals surface area contributed by atoms with Crippen molar-refractivity contribution >= 4 is 29.1 Å². The number of nitrogens with zero attached hydrogens (tertiary/aromatic N) is 4. The Labute approximate surface area is 179 Å². The lowest BCUT2D eigenvalue weighted by Gasteiger charge is -2.33. The molecule has 156 valence electrons. The minimum Gasteiger partial charge on any atom is -0.482 e. The van der Waals surface area contributed by atoms with Crippen molar-refractivity contribution in [1.82, 2.24) is 15.2 Å². The summed E-state index contributed by atoms with van der Waals surface area (Å²) in [7, 11) is 1.69. The maximum atomic E-state index is 12.8. The molecular weight excluding hydrogens is 400 g/mol. The number of hydrogen-bond acceptors (Lipinski definition) is 7. The Balaban J connectivity index is 1.34. The summed E-state index contributed by atoms with van der Waals surface area (Å²) in [4.78, 5) is 31.0. The molecule has 0 N–H and O–H groups in total. The molecule has 2 unspecified atom stereocenters. The molecule has 5 rings (SSSR count). The second-order valence-corrected chi connectivity index (χ2v) is 10.1. The van der Waals surface area contributed by atoms with Crippen LogP contribution >= 0.6 is 11.8 Å². The number of rotatable bonds is 4. The minimum absolute atomic E-state index is 0.0118. The summed E-state index contributed by atoms with van der Waals surface area (Å²) in [6.07, 6.45) is 2.25. The van der Waals surface area contributed by atoms with Gasteiger partial charge in [-0.25, -0.2) is 4.98 Å². The number of ketones is 1. The van der Waals surface area contributed by atoms with Crippen LogP contribution in [-0.4, -0.2) is 46.3 Å². The summed E-state index contributed by atoms with van der Waals surface area (Å²) in [6, 6.07) is 5.18. The molecule has 1 aromatic carbocycles. The maximum absolute atomic E-state index is 12.8. The van der Waals surface area contributed by atoms with Crippen molar-refractivity contribution in [2.24, 2.45) is 5.41 Å². The van der Waals surface area contributed by atoms with Crippen LogP contribution in [0.25, 0.3) is 0 Å². The van der Waals surface area contributed by atoms with Crippen molar-refractivity contribution in [3.63, 3.8) is 0 Å². The number of amides is 1. The lowest BCUT2D eigenvalue weighted by atomic mass is 9.70. The third-order valence-electron chi connectivity index (χ3n) is 7.47. The molecule has 1 aromatic heterocycles. The normalized spacial score (nSPS) is 25.7. The van der Waals surface area contributed by atoms with Gasteiger partial charge in [0, 0.05) is 23.9 Å². The molecule has 8 heteroatoms. The van der Waals surface area contributed by atoms with Crippen LogP contribution in [0.5, 0.6) is 5.75 Å². The van der Waals surface area contributed by atoms with Gasteiger partial charge in [-0.2, -0.15) is 5.10 Å². The van der Waals surface area contributed by atoms with Gasteiger partial charge in [-0.3, -0.25) is 9.59 Å². The van der Waals surface area contributed by atoms with E-state index in [9.17, 15) is 9.59 Å². The number of hydrogen-bond donors (Lipinski definition) is 0. The van der Waals surface area contributed by atoms with Crippen LogP contribution in [0.15, 0.2) is 23.4 Å². The van der Waals surface area contributed by atoms with Gasteiger partial charge in [0.1, 0.15) is 5.75 Å². The van der Waals surface area contributed by atoms with Crippen LogP contribution in [0.4, 0.5) is 5.69 Å². The van der Waals surface area contributed by atoms with Gasteiger partial charge in [0.25, 0.3) is 5.91 Å². The Morgan fingerprint density at radius 1 is 1.30 bits per heavy atom. The summed E-state index contributed by atoms with van der Waals surface area (Å²) in [5, 5.41) is 9.35. The molecule has 0 saturated heterocycles. The van der Waals surface area contributed by atoms with Crippen LogP contribution in [0.2, 0.25) is 0 Å². The lowest BCUT2D eigenvalue weighted by Crippen LogP contribution is -2.35. The Morgan fingerprint density at radius 3 is 2.90 bits per heavy atom. The van der Waals surface area contributed by atoms with E-state index in [1.165, 1.54) is 16.7 Å². The van der Waals surface area contributed by atoms with E-state index in [0.29, 0.717) is 28.1 Å². The molecule has 2 aliphatic carbocycles. The first kappa shape index (κ1) is 19.5. The standard InChI is InChI=1S/C22H24N4O3S/c1-21(2)13-7-8-22(21,3)19-18(13)24-25-20(23-19)30-11-15(27)12-5-6-16-14(9-12)26(4)17(28)10-29-16/h5-6,9,13H,7-8,10-11H2,1-4H3. The molecule has 30 heavy (non-hydrogen) atoms. The molecule has 1 amide bonds. The fourth-order valence-corrected chi connectivity index (χ4v) is 5.76.